The van der Waals surface area contributed by atoms with Crippen molar-refractivity contribution in [1.29, 1.82) is 0 Å². The van der Waals surface area contributed by atoms with Gasteiger partial charge in [0.1, 0.15) is 16.2 Å². The number of hydrogen-bond acceptors (Lipinski definition) is 6. The number of benzene rings is 1. The molecule has 2 heterocycles. The molecule has 0 fully saturated rings. The summed E-state index contributed by atoms with van der Waals surface area (Å²) in [5.41, 5.74) is 1.14. The number of thioether (sulfide) groups is 1. The van der Waals surface area contributed by atoms with Crippen LogP contribution in [-0.2, 0) is 25.3 Å². The van der Waals surface area contributed by atoms with Crippen LogP contribution in [0.4, 0.5) is 5.69 Å². The molecule has 8 nitrogen and oxygen atoms in total. The van der Waals surface area contributed by atoms with E-state index in [-0.39, 0.29) is 22.7 Å². The molecule has 2 aromatic heterocycles. The van der Waals surface area contributed by atoms with Crippen molar-refractivity contribution in [3.8, 4) is 0 Å². The number of carbonyl (C=O) groups is 1. The Hall–Kier alpha value is -2.94. The zero-order valence-corrected chi connectivity index (χ0v) is 17.7. The first-order valence-corrected chi connectivity index (χ1v) is 10.3. The molecule has 0 radical (unpaired) electrons. The fourth-order valence-corrected chi connectivity index (χ4v) is 3.80. The lowest BCUT2D eigenvalue weighted by atomic mass is 10.2. The van der Waals surface area contributed by atoms with Crippen LogP contribution in [0.5, 0.6) is 0 Å². The Balaban J connectivity index is 1.96. The van der Waals surface area contributed by atoms with E-state index < -0.39 is 11.2 Å². The number of rotatable bonds is 6. The normalized spacial score (nSPS) is 11.0. The molecule has 9 heteroatoms. The second-order valence-electron chi connectivity index (χ2n) is 6.81. The summed E-state index contributed by atoms with van der Waals surface area (Å²) in [4.78, 5) is 46.3. The minimum atomic E-state index is -0.465. The zero-order valence-electron chi connectivity index (χ0n) is 16.9. The Bertz CT molecular complexity index is 1200. The van der Waals surface area contributed by atoms with Gasteiger partial charge in [0.25, 0.3) is 5.56 Å². The standard InChI is InChI=1S/C20H23N5O3S/c1-5-7-14-22-17-16(19(27)25(4)20(28)24(17)3)18(23-14)29-11-15(26)21-13-9-6-8-12(2)10-13/h6,8-10H,5,7,11H2,1-4H3,(H,21,26). The molecule has 0 saturated carbocycles. The molecule has 0 saturated heterocycles. The molecule has 3 aromatic rings. The highest BCUT2D eigenvalue weighted by Crippen LogP contribution is 2.23. The molecule has 1 aromatic carbocycles. The van der Waals surface area contributed by atoms with Gasteiger partial charge in [-0.15, -0.1) is 0 Å². The van der Waals surface area contributed by atoms with Gasteiger partial charge in [0.05, 0.1) is 5.75 Å². The van der Waals surface area contributed by atoms with Gasteiger partial charge in [-0.05, 0) is 31.0 Å². The molecule has 0 unspecified atom stereocenters. The van der Waals surface area contributed by atoms with Gasteiger partial charge >= 0.3 is 5.69 Å². The average Bonchev–Trinajstić information content (AvgIpc) is 2.69. The van der Waals surface area contributed by atoms with Crippen LogP contribution in [0.3, 0.4) is 0 Å². The van der Waals surface area contributed by atoms with Gasteiger partial charge in [-0.25, -0.2) is 14.8 Å². The summed E-state index contributed by atoms with van der Waals surface area (Å²) in [5.74, 6) is 0.424. The molecule has 0 spiro atoms. The van der Waals surface area contributed by atoms with Gasteiger partial charge in [0, 0.05) is 26.2 Å². The smallest absolute Gasteiger partial charge is 0.325 e. The van der Waals surface area contributed by atoms with Gasteiger partial charge in [-0.2, -0.15) is 0 Å². The Morgan fingerprint density at radius 2 is 1.93 bits per heavy atom. The minimum Gasteiger partial charge on any atom is -0.325 e. The van der Waals surface area contributed by atoms with E-state index in [0.717, 1.165) is 16.6 Å². The quantitative estimate of drug-likeness (QED) is 0.490. The van der Waals surface area contributed by atoms with Crippen LogP contribution < -0.4 is 16.6 Å². The lowest BCUT2D eigenvalue weighted by Crippen LogP contribution is -2.38. The minimum absolute atomic E-state index is 0.0810. The van der Waals surface area contributed by atoms with Crippen molar-refractivity contribution in [2.45, 2.75) is 31.7 Å². The molecule has 0 aliphatic carbocycles. The van der Waals surface area contributed by atoms with Crippen molar-refractivity contribution in [2.24, 2.45) is 14.1 Å². The summed E-state index contributed by atoms with van der Waals surface area (Å²) in [7, 11) is 2.99. The summed E-state index contributed by atoms with van der Waals surface area (Å²) >= 11 is 1.17. The van der Waals surface area contributed by atoms with Crippen molar-refractivity contribution in [2.75, 3.05) is 11.1 Å². The number of nitrogens with zero attached hydrogens (tertiary/aromatic N) is 4. The van der Waals surface area contributed by atoms with Gasteiger partial charge < -0.3 is 5.32 Å². The Labute approximate surface area is 172 Å². The van der Waals surface area contributed by atoms with Gasteiger partial charge in [-0.3, -0.25) is 18.7 Å². The number of aromatic nitrogens is 4. The number of anilines is 1. The molecular weight excluding hydrogens is 390 g/mol. The topological polar surface area (TPSA) is 98.9 Å². The Morgan fingerprint density at radius 1 is 1.17 bits per heavy atom. The summed E-state index contributed by atoms with van der Waals surface area (Å²) in [6, 6.07) is 7.53. The van der Waals surface area contributed by atoms with E-state index in [4.69, 9.17) is 0 Å². The van der Waals surface area contributed by atoms with Crippen molar-refractivity contribution >= 4 is 34.4 Å². The van der Waals surface area contributed by atoms with Crippen molar-refractivity contribution in [3.05, 3.63) is 56.5 Å². The molecule has 0 aliphatic rings. The third-order valence-corrected chi connectivity index (χ3v) is 5.40. The maximum atomic E-state index is 12.7. The highest BCUT2D eigenvalue weighted by Gasteiger charge is 2.18. The van der Waals surface area contributed by atoms with Crippen LogP contribution in [0.25, 0.3) is 11.0 Å². The predicted octanol–water partition coefficient (Wildman–Crippen LogP) is 2.02. The summed E-state index contributed by atoms with van der Waals surface area (Å²) in [6.45, 7) is 3.95. The number of hydrogen-bond donors (Lipinski definition) is 1. The highest BCUT2D eigenvalue weighted by atomic mass is 32.2. The molecule has 1 amide bonds. The van der Waals surface area contributed by atoms with E-state index >= 15 is 0 Å². The number of fused-ring (bicyclic) bond motifs is 1. The number of aryl methyl sites for hydroxylation is 3. The van der Waals surface area contributed by atoms with Crippen LogP contribution in [0.15, 0.2) is 38.9 Å². The van der Waals surface area contributed by atoms with E-state index in [0.29, 0.717) is 23.0 Å². The molecule has 29 heavy (non-hydrogen) atoms. The first-order chi connectivity index (χ1) is 13.8. The van der Waals surface area contributed by atoms with E-state index in [2.05, 4.69) is 15.3 Å². The lowest BCUT2D eigenvalue weighted by molar-refractivity contribution is -0.113. The van der Waals surface area contributed by atoms with E-state index in [9.17, 15) is 14.4 Å². The fraction of sp³-hybridized carbons (Fsp3) is 0.350. The monoisotopic (exact) mass is 413 g/mol. The van der Waals surface area contributed by atoms with E-state index in [1.54, 1.807) is 7.05 Å². The maximum Gasteiger partial charge on any atom is 0.332 e. The van der Waals surface area contributed by atoms with Gasteiger partial charge in [0.15, 0.2) is 5.65 Å². The van der Waals surface area contributed by atoms with Crippen molar-refractivity contribution in [1.82, 2.24) is 19.1 Å². The molecule has 0 bridgehead atoms. The first-order valence-electron chi connectivity index (χ1n) is 9.27. The second-order valence-corrected chi connectivity index (χ2v) is 7.77. The largest absolute Gasteiger partial charge is 0.332 e. The highest BCUT2D eigenvalue weighted by molar-refractivity contribution is 8.00. The van der Waals surface area contributed by atoms with Crippen molar-refractivity contribution < 1.29 is 4.79 Å². The van der Waals surface area contributed by atoms with Crippen LogP contribution in [0.2, 0.25) is 0 Å². The third kappa shape index (κ3) is 4.40. The molecular formula is C20H23N5O3S. The first kappa shape index (κ1) is 20.8. The predicted molar refractivity (Wildman–Crippen MR) is 115 cm³/mol. The second kappa shape index (κ2) is 8.60. The third-order valence-electron chi connectivity index (χ3n) is 4.43. The van der Waals surface area contributed by atoms with Crippen LogP contribution in [0, 0.1) is 6.92 Å². The van der Waals surface area contributed by atoms with Crippen LogP contribution in [-0.4, -0.2) is 30.8 Å². The number of amides is 1. The fourth-order valence-electron chi connectivity index (χ4n) is 2.97. The Kier molecular flexibility index (Phi) is 6.17. The molecule has 1 N–H and O–H groups in total. The van der Waals surface area contributed by atoms with E-state index in [1.807, 2.05) is 38.1 Å². The Morgan fingerprint density at radius 3 is 2.62 bits per heavy atom. The van der Waals surface area contributed by atoms with E-state index in [1.165, 1.54) is 23.4 Å². The van der Waals surface area contributed by atoms with Crippen molar-refractivity contribution in [3.63, 3.8) is 0 Å². The van der Waals surface area contributed by atoms with Gasteiger partial charge in [-0.1, -0.05) is 30.8 Å². The number of nitrogens with one attached hydrogen (secondary N) is 1. The zero-order chi connectivity index (χ0) is 21.1. The summed E-state index contributed by atoms with van der Waals surface area (Å²) < 4.78 is 2.37. The summed E-state index contributed by atoms with van der Waals surface area (Å²) in [6.07, 6.45) is 1.44. The SMILES string of the molecule is CCCc1nc(SCC(=O)Nc2cccc(C)c2)c2c(=O)n(C)c(=O)n(C)c2n1. The molecule has 0 aliphatic heterocycles. The maximum absolute atomic E-state index is 12.7. The molecule has 3 rings (SSSR count). The average molecular weight is 414 g/mol. The van der Waals surface area contributed by atoms with Crippen LogP contribution >= 0.6 is 11.8 Å². The summed E-state index contributed by atoms with van der Waals surface area (Å²) in [5, 5.41) is 3.51. The molecule has 152 valence electrons. The molecule has 0 atom stereocenters. The van der Waals surface area contributed by atoms with Crippen LogP contribution in [0.1, 0.15) is 24.7 Å². The lowest BCUT2D eigenvalue weighted by Gasteiger charge is -2.12. The van der Waals surface area contributed by atoms with Gasteiger partial charge in [0.2, 0.25) is 5.91 Å². The number of carbonyl (C=O) groups excluding carboxylic acids is 1.